The van der Waals surface area contributed by atoms with Gasteiger partial charge in [0, 0.05) is 18.7 Å². The highest BCUT2D eigenvalue weighted by molar-refractivity contribution is 5.96. The molecule has 0 aromatic carbocycles. The predicted molar refractivity (Wildman–Crippen MR) is 70.6 cm³/mol. The quantitative estimate of drug-likeness (QED) is 0.868. The summed E-state index contributed by atoms with van der Waals surface area (Å²) < 4.78 is 0. The van der Waals surface area contributed by atoms with Gasteiger partial charge in [0.25, 0.3) is 5.91 Å². The largest absolute Gasteiger partial charge is 0.352 e. The lowest BCUT2D eigenvalue weighted by Crippen LogP contribution is -2.32. The van der Waals surface area contributed by atoms with Crippen LogP contribution < -0.4 is 5.32 Å². The summed E-state index contributed by atoms with van der Waals surface area (Å²) in [6.07, 6.45) is 8.80. The fourth-order valence-corrected chi connectivity index (χ4v) is 3.13. The summed E-state index contributed by atoms with van der Waals surface area (Å²) in [7, 11) is 0. The molecular weight excluding hydrogens is 224 g/mol. The summed E-state index contributed by atoms with van der Waals surface area (Å²) in [5, 5.41) is 2.86. The average molecular weight is 244 g/mol. The molecule has 2 aliphatic rings. The van der Waals surface area contributed by atoms with E-state index in [2.05, 4.69) is 5.32 Å². The van der Waals surface area contributed by atoms with Gasteiger partial charge >= 0.3 is 0 Å². The van der Waals surface area contributed by atoms with Crippen molar-refractivity contribution in [2.45, 2.75) is 44.9 Å². The van der Waals surface area contributed by atoms with Crippen molar-refractivity contribution in [1.29, 1.82) is 0 Å². The zero-order chi connectivity index (χ0) is 12.4. The van der Waals surface area contributed by atoms with Crippen LogP contribution >= 0.6 is 0 Å². The summed E-state index contributed by atoms with van der Waals surface area (Å²) in [5.41, 5.74) is 2.94. The Labute approximate surface area is 108 Å². The summed E-state index contributed by atoms with van der Waals surface area (Å²) in [6, 6.07) is 3.99. The van der Waals surface area contributed by atoms with Gasteiger partial charge in [0.2, 0.25) is 0 Å². The number of nitrogens with one attached hydrogen (secondary N) is 1. The van der Waals surface area contributed by atoms with Crippen molar-refractivity contribution in [1.82, 2.24) is 10.3 Å². The number of amides is 1. The molecule has 2 heterocycles. The van der Waals surface area contributed by atoms with Gasteiger partial charge in [-0.25, -0.2) is 0 Å². The summed E-state index contributed by atoms with van der Waals surface area (Å²) >= 11 is 0. The second-order valence-electron chi connectivity index (χ2n) is 5.51. The molecule has 0 unspecified atom stereocenters. The molecule has 0 saturated heterocycles. The highest BCUT2D eigenvalue weighted by atomic mass is 16.1. The van der Waals surface area contributed by atoms with Crippen molar-refractivity contribution in [2.75, 3.05) is 6.54 Å². The standard InChI is InChI=1S/C15H20N2O/c18-15-13-7-6-12(17-14(13)8-9-16-15)10-11-4-2-1-3-5-11/h6-7,11H,1-5,8-10H2,(H,16,18). The molecule has 0 radical (unpaired) electrons. The van der Waals surface area contributed by atoms with Gasteiger partial charge in [-0.05, 0) is 24.5 Å². The van der Waals surface area contributed by atoms with E-state index >= 15 is 0 Å². The fourth-order valence-electron chi connectivity index (χ4n) is 3.13. The second kappa shape index (κ2) is 5.09. The predicted octanol–water partition coefficient (Wildman–Crippen LogP) is 2.49. The van der Waals surface area contributed by atoms with Crippen LogP contribution in [-0.2, 0) is 12.8 Å². The lowest BCUT2D eigenvalue weighted by atomic mass is 9.86. The van der Waals surface area contributed by atoms with Gasteiger partial charge in [0.15, 0.2) is 0 Å². The summed E-state index contributed by atoms with van der Waals surface area (Å²) in [6.45, 7) is 0.728. The van der Waals surface area contributed by atoms with E-state index in [9.17, 15) is 4.79 Å². The molecule has 1 saturated carbocycles. The van der Waals surface area contributed by atoms with Crippen molar-refractivity contribution in [2.24, 2.45) is 5.92 Å². The first-order valence-corrected chi connectivity index (χ1v) is 7.10. The molecular formula is C15H20N2O. The molecule has 0 atom stereocenters. The van der Waals surface area contributed by atoms with Crippen molar-refractivity contribution in [3.05, 3.63) is 29.1 Å². The Balaban J connectivity index is 1.75. The van der Waals surface area contributed by atoms with Gasteiger partial charge in [-0.2, -0.15) is 0 Å². The minimum absolute atomic E-state index is 0.0352. The Hall–Kier alpha value is -1.38. The molecule has 1 aromatic rings. The minimum Gasteiger partial charge on any atom is -0.352 e. The molecule has 18 heavy (non-hydrogen) atoms. The maximum absolute atomic E-state index is 11.6. The first-order valence-electron chi connectivity index (χ1n) is 7.10. The van der Waals surface area contributed by atoms with Crippen LogP contribution in [0.2, 0.25) is 0 Å². The fraction of sp³-hybridized carbons (Fsp3) is 0.600. The lowest BCUT2D eigenvalue weighted by Gasteiger charge is -2.22. The van der Waals surface area contributed by atoms with E-state index in [1.807, 2.05) is 12.1 Å². The molecule has 1 amide bonds. The Bertz CT molecular complexity index is 450. The first kappa shape index (κ1) is 11.7. The minimum atomic E-state index is 0.0352. The molecule has 3 heteroatoms. The number of hydrogen-bond acceptors (Lipinski definition) is 2. The number of fused-ring (bicyclic) bond motifs is 1. The van der Waals surface area contributed by atoms with Crippen molar-refractivity contribution < 1.29 is 4.79 Å². The molecule has 0 bridgehead atoms. The molecule has 1 aromatic heterocycles. The monoisotopic (exact) mass is 244 g/mol. The van der Waals surface area contributed by atoms with Gasteiger partial charge in [-0.1, -0.05) is 32.1 Å². The Morgan fingerprint density at radius 3 is 2.89 bits per heavy atom. The van der Waals surface area contributed by atoms with E-state index in [4.69, 9.17) is 4.98 Å². The van der Waals surface area contributed by atoms with E-state index < -0.39 is 0 Å². The van der Waals surface area contributed by atoms with E-state index in [0.29, 0.717) is 0 Å². The first-order chi connectivity index (χ1) is 8.83. The van der Waals surface area contributed by atoms with Crippen LogP contribution in [0.1, 0.15) is 53.8 Å². The van der Waals surface area contributed by atoms with Crippen LogP contribution in [-0.4, -0.2) is 17.4 Å². The van der Waals surface area contributed by atoms with Crippen LogP contribution in [0, 0.1) is 5.92 Å². The number of hydrogen-bond donors (Lipinski definition) is 1. The van der Waals surface area contributed by atoms with Crippen molar-refractivity contribution >= 4 is 5.91 Å². The second-order valence-corrected chi connectivity index (χ2v) is 5.51. The number of carbonyl (C=O) groups is 1. The van der Waals surface area contributed by atoms with Crippen LogP contribution in [0.3, 0.4) is 0 Å². The third-order valence-electron chi connectivity index (χ3n) is 4.15. The van der Waals surface area contributed by atoms with Crippen LogP contribution in [0.25, 0.3) is 0 Å². The smallest absolute Gasteiger partial charge is 0.253 e. The summed E-state index contributed by atoms with van der Waals surface area (Å²) in [4.78, 5) is 16.3. The van der Waals surface area contributed by atoms with Gasteiger partial charge < -0.3 is 5.32 Å². The topological polar surface area (TPSA) is 42.0 Å². The highest BCUT2D eigenvalue weighted by Crippen LogP contribution is 2.26. The number of rotatable bonds is 2. The molecule has 3 rings (SSSR count). The maximum Gasteiger partial charge on any atom is 0.253 e. The Morgan fingerprint density at radius 2 is 2.06 bits per heavy atom. The normalized spacial score (nSPS) is 20.3. The number of aromatic nitrogens is 1. The zero-order valence-electron chi connectivity index (χ0n) is 10.7. The van der Waals surface area contributed by atoms with E-state index in [-0.39, 0.29) is 5.91 Å². The number of pyridine rings is 1. The third-order valence-corrected chi connectivity index (χ3v) is 4.15. The van der Waals surface area contributed by atoms with E-state index in [1.54, 1.807) is 0 Å². The van der Waals surface area contributed by atoms with Gasteiger partial charge in [0.05, 0.1) is 11.3 Å². The van der Waals surface area contributed by atoms with E-state index in [1.165, 1.54) is 37.8 Å². The van der Waals surface area contributed by atoms with Crippen molar-refractivity contribution in [3.63, 3.8) is 0 Å². The van der Waals surface area contributed by atoms with Gasteiger partial charge in [-0.3, -0.25) is 9.78 Å². The molecule has 0 spiro atoms. The van der Waals surface area contributed by atoms with Gasteiger partial charge in [0.1, 0.15) is 0 Å². The Morgan fingerprint density at radius 1 is 1.22 bits per heavy atom. The molecule has 1 aliphatic heterocycles. The Kier molecular flexibility index (Phi) is 3.31. The summed E-state index contributed by atoms with van der Waals surface area (Å²) in [5.74, 6) is 0.842. The lowest BCUT2D eigenvalue weighted by molar-refractivity contribution is 0.0945. The van der Waals surface area contributed by atoms with Crippen LogP contribution in [0.5, 0.6) is 0 Å². The number of carbonyl (C=O) groups excluding carboxylic acids is 1. The molecule has 3 nitrogen and oxygen atoms in total. The van der Waals surface area contributed by atoms with Gasteiger partial charge in [-0.15, -0.1) is 0 Å². The maximum atomic E-state index is 11.6. The van der Waals surface area contributed by atoms with Crippen molar-refractivity contribution in [3.8, 4) is 0 Å². The zero-order valence-corrected chi connectivity index (χ0v) is 10.7. The van der Waals surface area contributed by atoms with Crippen LogP contribution in [0.15, 0.2) is 12.1 Å². The number of nitrogens with zero attached hydrogens (tertiary/aromatic N) is 1. The third kappa shape index (κ3) is 2.40. The molecule has 1 fully saturated rings. The molecule has 1 aliphatic carbocycles. The SMILES string of the molecule is O=C1NCCc2nc(CC3CCCCC3)ccc21. The highest BCUT2D eigenvalue weighted by Gasteiger charge is 2.19. The molecule has 1 N–H and O–H groups in total. The van der Waals surface area contributed by atoms with E-state index in [0.717, 1.165) is 36.6 Å². The van der Waals surface area contributed by atoms with Crippen LogP contribution in [0.4, 0.5) is 0 Å². The average Bonchev–Trinajstić information content (AvgIpc) is 2.40. The molecule has 96 valence electrons.